The maximum absolute atomic E-state index is 13.3. The van der Waals surface area contributed by atoms with E-state index >= 15 is 0 Å². The number of hydrogen-bond donors (Lipinski definition) is 0. The third-order valence-electron chi connectivity index (χ3n) is 5.97. The topological polar surface area (TPSA) is 54.4 Å². The molecule has 1 aromatic rings. The SMILES string of the molecule is CCOC(=O)N1N=C(c2cccc(C(F)(F)F)c2)[C@H](Cl)[C@@H](CC)C1(C)N1CCOCC1. The Labute approximate surface area is 184 Å². The number of nitrogens with zero attached hydrogens (tertiary/aromatic N) is 3. The van der Waals surface area contributed by atoms with E-state index in [1.807, 2.05) is 13.8 Å². The van der Waals surface area contributed by atoms with Gasteiger partial charge in [0.15, 0.2) is 0 Å². The maximum atomic E-state index is 13.3. The molecule has 0 radical (unpaired) electrons. The van der Waals surface area contributed by atoms with Crippen LogP contribution in [-0.2, 0) is 15.7 Å². The molecule has 1 fully saturated rings. The van der Waals surface area contributed by atoms with Crippen LogP contribution in [0.25, 0.3) is 0 Å². The first-order valence-electron chi connectivity index (χ1n) is 10.3. The molecule has 172 valence electrons. The Morgan fingerprint density at radius 2 is 2.00 bits per heavy atom. The van der Waals surface area contributed by atoms with Crippen LogP contribution in [0, 0.1) is 5.92 Å². The molecule has 0 aromatic heterocycles. The number of hydrogen-bond acceptors (Lipinski definition) is 5. The Hall–Kier alpha value is -1.84. The first kappa shape index (κ1) is 23.8. The van der Waals surface area contributed by atoms with Gasteiger partial charge in [0, 0.05) is 19.0 Å². The third kappa shape index (κ3) is 4.54. The van der Waals surface area contributed by atoms with Crippen LogP contribution in [0.15, 0.2) is 29.4 Å². The molecule has 3 atom stereocenters. The molecule has 2 heterocycles. The lowest BCUT2D eigenvalue weighted by atomic mass is 9.81. The Morgan fingerprint density at radius 3 is 2.58 bits per heavy atom. The summed E-state index contributed by atoms with van der Waals surface area (Å²) in [6, 6.07) is 4.85. The van der Waals surface area contributed by atoms with E-state index in [0.717, 1.165) is 12.1 Å². The molecule has 1 unspecified atom stereocenters. The van der Waals surface area contributed by atoms with E-state index in [-0.39, 0.29) is 23.8 Å². The van der Waals surface area contributed by atoms with Gasteiger partial charge in [0.2, 0.25) is 0 Å². The summed E-state index contributed by atoms with van der Waals surface area (Å²) < 4.78 is 50.5. The van der Waals surface area contributed by atoms with Crippen LogP contribution in [0.5, 0.6) is 0 Å². The van der Waals surface area contributed by atoms with Crippen LogP contribution < -0.4 is 0 Å². The summed E-state index contributed by atoms with van der Waals surface area (Å²) in [6.07, 6.45) is -4.58. The number of halogens is 4. The largest absolute Gasteiger partial charge is 0.448 e. The lowest BCUT2D eigenvalue weighted by Crippen LogP contribution is -2.69. The average molecular weight is 462 g/mol. The van der Waals surface area contributed by atoms with Crippen LogP contribution in [-0.4, -0.2) is 65.7 Å². The van der Waals surface area contributed by atoms with Gasteiger partial charge in [0.1, 0.15) is 5.66 Å². The van der Waals surface area contributed by atoms with Crippen molar-refractivity contribution < 1.29 is 27.4 Å². The quantitative estimate of drug-likeness (QED) is 0.617. The molecule has 10 heteroatoms. The van der Waals surface area contributed by atoms with Gasteiger partial charge in [-0.2, -0.15) is 23.3 Å². The highest BCUT2D eigenvalue weighted by atomic mass is 35.5. The molecule has 31 heavy (non-hydrogen) atoms. The van der Waals surface area contributed by atoms with Crippen molar-refractivity contribution in [3.8, 4) is 0 Å². The van der Waals surface area contributed by atoms with Crippen LogP contribution >= 0.6 is 11.6 Å². The molecule has 0 N–H and O–H groups in total. The van der Waals surface area contributed by atoms with Crippen molar-refractivity contribution in [3.05, 3.63) is 35.4 Å². The number of alkyl halides is 4. The van der Waals surface area contributed by atoms with Crippen molar-refractivity contribution in [1.29, 1.82) is 0 Å². The van der Waals surface area contributed by atoms with E-state index in [4.69, 9.17) is 21.1 Å². The molecule has 0 saturated carbocycles. The van der Waals surface area contributed by atoms with Gasteiger partial charge in [-0.05, 0) is 38.0 Å². The zero-order valence-corrected chi connectivity index (χ0v) is 18.5. The molecular weight excluding hydrogens is 435 g/mol. The van der Waals surface area contributed by atoms with Crippen molar-refractivity contribution in [3.63, 3.8) is 0 Å². The summed E-state index contributed by atoms with van der Waals surface area (Å²) in [5.41, 5.74) is -1.26. The van der Waals surface area contributed by atoms with Crippen molar-refractivity contribution in [2.75, 3.05) is 32.9 Å². The zero-order chi connectivity index (χ0) is 22.8. The Bertz CT molecular complexity index is 830. The molecule has 3 rings (SSSR count). The molecule has 2 aliphatic rings. The highest BCUT2D eigenvalue weighted by Gasteiger charge is 2.54. The first-order valence-corrected chi connectivity index (χ1v) is 10.8. The number of amides is 1. The van der Waals surface area contributed by atoms with Gasteiger partial charge in [0.05, 0.1) is 36.5 Å². The second kappa shape index (κ2) is 9.34. The number of carbonyl (C=O) groups excluding carboxylic acids is 1. The van der Waals surface area contributed by atoms with E-state index < -0.39 is 28.9 Å². The van der Waals surface area contributed by atoms with Crippen molar-refractivity contribution >= 4 is 23.4 Å². The summed E-state index contributed by atoms with van der Waals surface area (Å²) in [6.45, 7) is 7.79. The average Bonchev–Trinajstić information content (AvgIpc) is 2.74. The van der Waals surface area contributed by atoms with Crippen molar-refractivity contribution in [2.24, 2.45) is 11.0 Å². The number of ether oxygens (including phenoxy) is 2. The summed E-state index contributed by atoms with van der Waals surface area (Å²) >= 11 is 6.85. The van der Waals surface area contributed by atoms with Crippen molar-refractivity contribution in [1.82, 2.24) is 9.91 Å². The number of benzene rings is 1. The summed E-state index contributed by atoms with van der Waals surface area (Å²) in [4.78, 5) is 15.0. The molecule has 0 aliphatic carbocycles. The highest BCUT2D eigenvalue weighted by Crippen LogP contribution is 2.42. The predicted molar refractivity (Wildman–Crippen MR) is 111 cm³/mol. The minimum absolute atomic E-state index is 0.143. The molecular formula is C21H27ClF3N3O3. The van der Waals surface area contributed by atoms with E-state index in [9.17, 15) is 18.0 Å². The first-order chi connectivity index (χ1) is 14.6. The van der Waals surface area contributed by atoms with Gasteiger partial charge in [-0.25, -0.2) is 4.79 Å². The maximum Gasteiger partial charge on any atom is 0.432 e. The van der Waals surface area contributed by atoms with Crippen molar-refractivity contribution in [2.45, 2.75) is 44.4 Å². The van der Waals surface area contributed by atoms with Gasteiger partial charge in [0.25, 0.3) is 0 Å². The Morgan fingerprint density at radius 1 is 1.32 bits per heavy atom. The molecule has 0 spiro atoms. The summed E-state index contributed by atoms with van der Waals surface area (Å²) in [7, 11) is 0. The van der Waals surface area contributed by atoms with E-state index in [0.29, 0.717) is 32.7 Å². The lowest BCUT2D eigenvalue weighted by Gasteiger charge is -2.54. The summed E-state index contributed by atoms with van der Waals surface area (Å²) in [5, 5.41) is 5.05. The molecule has 6 nitrogen and oxygen atoms in total. The minimum atomic E-state index is -4.50. The van der Waals surface area contributed by atoms with Crippen LogP contribution in [0.3, 0.4) is 0 Å². The Kier molecular flexibility index (Phi) is 7.18. The van der Waals surface area contributed by atoms with Crippen LogP contribution in [0.4, 0.5) is 18.0 Å². The Balaban J connectivity index is 2.13. The number of carbonyl (C=O) groups is 1. The van der Waals surface area contributed by atoms with E-state index in [1.54, 1.807) is 6.92 Å². The number of rotatable bonds is 4. The molecule has 1 saturated heterocycles. The van der Waals surface area contributed by atoms with Gasteiger partial charge < -0.3 is 9.47 Å². The minimum Gasteiger partial charge on any atom is -0.448 e. The summed E-state index contributed by atoms with van der Waals surface area (Å²) in [5.74, 6) is -0.307. The second-order valence-electron chi connectivity index (χ2n) is 7.68. The van der Waals surface area contributed by atoms with Gasteiger partial charge >= 0.3 is 12.3 Å². The fourth-order valence-electron chi connectivity index (χ4n) is 4.35. The third-order valence-corrected chi connectivity index (χ3v) is 6.48. The van der Waals surface area contributed by atoms with Crippen LogP contribution in [0.2, 0.25) is 0 Å². The molecule has 0 bridgehead atoms. The van der Waals surface area contributed by atoms with E-state index in [1.165, 1.54) is 17.1 Å². The molecule has 2 aliphatic heterocycles. The van der Waals surface area contributed by atoms with Crippen LogP contribution in [0.1, 0.15) is 38.3 Å². The van der Waals surface area contributed by atoms with Gasteiger partial charge in [-0.15, -0.1) is 11.6 Å². The number of morpholine rings is 1. The number of hydrazone groups is 1. The fourth-order valence-corrected chi connectivity index (χ4v) is 4.94. The molecule has 1 amide bonds. The lowest BCUT2D eigenvalue weighted by molar-refractivity contribution is -0.137. The monoisotopic (exact) mass is 461 g/mol. The smallest absolute Gasteiger partial charge is 0.432 e. The second-order valence-corrected chi connectivity index (χ2v) is 8.15. The van der Waals surface area contributed by atoms with Gasteiger partial charge in [-0.3, -0.25) is 4.90 Å². The highest BCUT2D eigenvalue weighted by molar-refractivity contribution is 6.35. The predicted octanol–water partition coefficient (Wildman–Crippen LogP) is 4.56. The molecule has 1 aromatic carbocycles. The standard InChI is InChI=1S/C21H27ClF3N3O3/c1-4-16-17(22)18(14-7-6-8-15(13-14)21(23,24)25)26-28(19(29)31-5-2)20(16,3)27-9-11-30-12-10-27/h6-8,13,16-17H,4-5,9-12H2,1-3H3/t16-,17-,20?/m1/s1. The zero-order valence-electron chi connectivity index (χ0n) is 17.8. The van der Waals surface area contributed by atoms with E-state index in [2.05, 4.69) is 10.0 Å². The fraction of sp³-hybridized carbons (Fsp3) is 0.619. The normalized spacial score (nSPS) is 27.7. The van der Waals surface area contributed by atoms with Gasteiger partial charge in [-0.1, -0.05) is 19.1 Å².